The van der Waals surface area contributed by atoms with Crippen LogP contribution in [0.1, 0.15) is 34.3 Å². The molecule has 6 heteroatoms. The second-order valence-electron chi connectivity index (χ2n) is 8.89. The van der Waals surface area contributed by atoms with E-state index in [4.69, 9.17) is 9.47 Å². The van der Waals surface area contributed by atoms with Gasteiger partial charge in [0.2, 0.25) is 0 Å². The molecule has 0 saturated carbocycles. The Balaban J connectivity index is 1.17. The van der Waals surface area contributed by atoms with Crippen LogP contribution in [0.4, 0.5) is 0 Å². The molecule has 0 aromatic heterocycles. The minimum atomic E-state index is -0.106. The normalized spacial score (nSPS) is 14.5. The minimum absolute atomic E-state index is 0.0185. The number of carbonyl (C=O) groups excluding carboxylic acids is 2. The predicted octanol–water partition coefficient (Wildman–Crippen LogP) is 4.75. The van der Waals surface area contributed by atoms with Gasteiger partial charge >= 0.3 is 0 Å². The van der Waals surface area contributed by atoms with Crippen molar-refractivity contribution < 1.29 is 19.1 Å². The monoisotopic (exact) mass is 484 g/mol. The molecule has 1 aliphatic heterocycles. The van der Waals surface area contributed by atoms with Gasteiger partial charge in [0.25, 0.3) is 5.91 Å². The molecule has 6 nitrogen and oxygen atoms in total. The summed E-state index contributed by atoms with van der Waals surface area (Å²) in [5.74, 6) is 1.14. The molecule has 4 rings (SSSR count). The molecular formula is C30H32N2O4. The second kappa shape index (κ2) is 12.7. The number of ketones is 1. The van der Waals surface area contributed by atoms with E-state index in [2.05, 4.69) is 34.5 Å². The van der Waals surface area contributed by atoms with Crippen LogP contribution < -0.4 is 14.8 Å². The maximum atomic E-state index is 12.4. The van der Waals surface area contributed by atoms with E-state index in [9.17, 15) is 9.59 Å². The van der Waals surface area contributed by atoms with Crippen LogP contribution in [0.3, 0.4) is 0 Å². The molecule has 3 aromatic carbocycles. The second-order valence-corrected chi connectivity index (χ2v) is 8.89. The molecule has 0 atom stereocenters. The number of likely N-dealkylation sites (tertiary alicyclic amines) is 1. The lowest BCUT2D eigenvalue weighted by Gasteiger charge is -2.32. The van der Waals surface area contributed by atoms with E-state index in [1.54, 1.807) is 49.6 Å². The van der Waals surface area contributed by atoms with Crippen LogP contribution in [0.5, 0.6) is 11.5 Å². The van der Waals surface area contributed by atoms with Gasteiger partial charge in [-0.2, -0.15) is 0 Å². The lowest BCUT2D eigenvalue weighted by Crippen LogP contribution is -2.45. The molecule has 1 fully saturated rings. The number of carbonyl (C=O) groups is 2. The zero-order valence-electron chi connectivity index (χ0n) is 20.6. The Hall–Kier alpha value is -3.90. The summed E-state index contributed by atoms with van der Waals surface area (Å²) in [5, 5.41) is 3.09. The lowest BCUT2D eigenvalue weighted by molar-refractivity contribution is -0.124. The number of hydrogen-bond acceptors (Lipinski definition) is 5. The summed E-state index contributed by atoms with van der Waals surface area (Å²) in [6.45, 7) is 2.87. The number of allylic oxidation sites excluding steroid dienone is 1. The molecule has 1 amide bonds. The summed E-state index contributed by atoms with van der Waals surface area (Å²) in [6.07, 6.45) is 5.17. The van der Waals surface area contributed by atoms with Gasteiger partial charge in [-0.3, -0.25) is 14.5 Å². The number of nitrogens with one attached hydrogen (secondary N) is 1. The number of ether oxygens (including phenoxy) is 2. The minimum Gasteiger partial charge on any atom is -0.497 e. The maximum Gasteiger partial charge on any atom is 0.258 e. The Kier molecular flexibility index (Phi) is 8.89. The summed E-state index contributed by atoms with van der Waals surface area (Å²) >= 11 is 0. The quantitative estimate of drug-likeness (QED) is 0.332. The van der Waals surface area contributed by atoms with E-state index in [0.717, 1.165) is 38.0 Å². The number of benzene rings is 3. The highest BCUT2D eigenvalue weighted by atomic mass is 16.5. The van der Waals surface area contributed by atoms with Crippen molar-refractivity contribution >= 4 is 17.8 Å². The molecule has 0 aliphatic carbocycles. The van der Waals surface area contributed by atoms with Gasteiger partial charge in [-0.25, -0.2) is 0 Å². The van der Waals surface area contributed by atoms with E-state index in [1.807, 2.05) is 18.2 Å². The van der Waals surface area contributed by atoms with Crippen LogP contribution in [-0.2, 0) is 11.3 Å². The fourth-order valence-electron chi connectivity index (χ4n) is 4.19. The first-order valence-corrected chi connectivity index (χ1v) is 12.2. The van der Waals surface area contributed by atoms with Gasteiger partial charge in [-0.05, 0) is 66.4 Å². The Morgan fingerprint density at radius 1 is 0.917 bits per heavy atom. The van der Waals surface area contributed by atoms with Crippen molar-refractivity contribution in [3.8, 4) is 11.5 Å². The van der Waals surface area contributed by atoms with Gasteiger partial charge in [0.15, 0.2) is 12.4 Å². The first-order chi connectivity index (χ1) is 17.6. The average Bonchev–Trinajstić information content (AvgIpc) is 2.93. The Morgan fingerprint density at radius 2 is 1.58 bits per heavy atom. The molecule has 1 N–H and O–H groups in total. The molecule has 0 spiro atoms. The number of amides is 1. The highest BCUT2D eigenvalue weighted by Crippen LogP contribution is 2.16. The van der Waals surface area contributed by atoms with Crippen LogP contribution in [0, 0.1) is 0 Å². The Labute approximate surface area is 212 Å². The molecule has 1 saturated heterocycles. The zero-order valence-corrected chi connectivity index (χ0v) is 20.6. The van der Waals surface area contributed by atoms with E-state index in [1.165, 1.54) is 11.6 Å². The van der Waals surface area contributed by atoms with E-state index in [-0.39, 0.29) is 24.3 Å². The van der Waals surface area contributed by atoms with Crippen molar-refractivity contribution in [3.05, 3.63) is 102 Å². The standard InChI is InChI=1S/C30H32N2O4/c1-35-27-14-10-25(11-15-27)29(33)16-9-23-7-12-28(13-8-23)36-22-30(34)31-26-17-19-32(20-18-26)21-24-5-3-2-4-6-24/h2-16,26H,17-22H2,1H3,(H,31,34). The van der Waals surface area contributed by atoms with Crippen LogP contribution in [0.15, 0.2) is 84.9 Å². The number of piperidine rings is 1. The zero-order chi connectivity index (χ0) is 25.2. The van der Waals surface area contributed by atoms with Crippen LogP contribution in [0.25, 0.3) is 6.08 Å². The van der Waals surface area contributed by atoms with E-state index in [0.29, 0.717) is 17.1 Å². The molecule has 0 unspecified atom stereocenters. The molecule has 1 aliphatic rings. The van der Waals surface area contributed by atoms with Gasteiger partial charge in [0.1, 0.15) is 11.5 Å². The predicted molar refractivity (Wildman–Crippen MR) is 141 cm³/mol. The van der Waals surface area contributed by atoms with Crippen LogP contribution in [0.2, 0.25) is 0 Å². The summed E-state index contributed by atoms with van der Waals surface area (Å²) in [7, 11) is 1.59. The molecule has 1 heterocycles. The fraction of sp³-hybridized carbons (Fsp3) is 0.267. The molecule has 0 radical (unpaired) electrons. The average molecular weight is 485 g/mol. The smallest absolute Gasteiger partial charge is 0.258 e. The van der Waals surface area contributed by atoms with Crippen molar-refractivity contribution in [3.63, 3.8) is 0 Å². The van der Waals surface area contributed by atoms with Gasteiger partial charge in [-0.1, -0.05) is 48.5 Å². The highest BCUT2D eigenvalue weighted by Gasteiger charge is 2.20. The van der Waals surface area contributed by atoms with Crippen molar-refractivity contribution in [1.29, 1.82) is 0 Å². The third-order valence-electron chi connectivity index (χ3n) is 6.25. The first-order valence-electron chi connectivity index (χ1n) is 12.2. The number of hydrogen-bond donors (Lipinski definition) is 1. The summed E-state index contributed by atoms with van der Waals surface area (Å²) in [5.41, 5.74) is 2.79. The summed E-state index contributed by atoms with van der Waals surface area (Å²) in [4.78, 5) is 27.1. The van der Waals surface area contributed by atoms with Gasteiger partial charge in [-0.15, -0.1) is 0 Å². The summed E-state index contributed by atoms with van der Waals surface area (Å²) in [6, 6.07) is 25.0. The van der Waals surface area contributed by atoms with Crippen LogP contribution in [-0.4, -0.2) is 49.4 Å². The van der Waals surface area contributed by atoms with Crippen molar-refractivity contribution in [2.24, 2.45) is 0 Å². The number of rotatable bonds is 10. The largest absolute Gasteiger partial charge is 0.497 e. The molecule has 36 heavy (non-hydrogen) atoms. The fourth-order valence-corrected chi connectivity index (χ4v) is 4.19. The van der Waals surface area contributed by atoms with E-state index < -0.39 is 0 Å². The van der Waals surface area contributed by atoms with Gasteiger partial charge < -0.3 is 14.8 Å². The highest BCUT2D eigenvalue weighted by molar-refractivity contribution is 6.06. The van der Waals surface area contributed by atoms with E-state index >= 15 is 0 Å². The molecule has 3 aromatic rings. The summed E-state index contributed by atoms with van der Waals surface area (Å²) < 4.78 is 10.8. The van der Waals surface area contributed by atoms with Gasteiger partial charge in [0.05, 0.1) is 7.11 Å². The first kappa shape index (κ1) is 25.2. The number of nitrogens with zero attached hydrogens (tertiary/aromatic N) is 1. The molecule has 0 bridgehead atoms. The van der Waals surface area contributed by atoms with Crippen molar-refractivity contribution in [2.45, 2.75) is 25.4 Å². The Morgan fingerprint density at radius 3 is 2.25 bits per heavy atom. The maximum absolute atomic E-state index is 12.4. The third kappa shape index (κ3) is 7.55. The number of methoxy groups -OCH3 is 1. The van der Waals surface area contributed by atoms with Crippen molar-refractivity contribution in [1.82, 2.24) is 10.2 Å². The van der Waals surface area contributed by atoms with Crippen LogP contribution >= 0.6 is 0 Å². The Bertz CT molecular complexity index is 1150. The molecular weight excluding hydrogens is 452 g/mol. The van der Waals surface area contributed by atoms with Crippen molar-refractivity contribution in [2.75, 3.05) is 26.8 Å². The third-order valence-corrected chi connectivity index (χ3v) is 6.25. The lowest BCUT2D eigenvalue weighted by atomic mass is 10.0. The topological polar surface area (TPSA) is 67.9 Å². The SMILES string of the molecule is COc1ccc(C(=O)C=Cc2ccc(OCC(=O)NC3CCN(Cc4ccccc4)CC3)cc2)cc1. The molecule has 186 valence electrons. The van der Waals surface area contributed by atoms with Gasteiger partial charge in [0, 0.05) is 31.2 Å².